The van der Waals surface area contributed by atoms with E-state index in [9.17, 15) is 30.4 Å². The van der Waals surface area contributed by atoms with Gasteiger partial charge in [-0.2, -0.15) is 21.6 Å². The molecule has 0 aromatic heterocycles. The molecule has 1 atom stereocenters. The second-order valence-corrected chi connectivity index (χ2v) is 6.38. The molecular weight excluding hydrogens is 285 g/mol. The van der Waals surface area contributed by atoms with Crippen LogP contribution in [0.2, 0.25) is 0 Å². The van der Waals surface area contributed by atoms with Gasteiger partial charge in [0.15, 0.2) is 0 Å². The van der Waals surface area contributed by atoms with Gasteiger partial charge in [0.05, 0.1) is 0 Å². The Morgan fingerprint density at radius 2 is 1.94 bits per heavy atom. The van der Waals surface area contributed by atoms with Crippen molar-refractivity contribution in [2.75, 3.05) is 13.1 Å². The minimum Gasteiger partial charge on any atom is -0.759 e. The van der Waals surface area contributed by atoms with Gasteiger partial charge in [-0.25, -0.2) is 4.72 Å². The SMILES string of the molecule is O=S([O-])N(CC(F)(F)F)S(=O)(=O)NCC1CC1. The average Bonchev–Trinajstić information content (AvgIpc) is 2.92. The Labute approximate surface area is 98.8 Å². The highest BCUT2D eigenvalue weighted by Gasteiger charge is 2.37. The maximum atomic E-state index is 12.0. The number of nitrogens with one attached hydrogen (secondary N) is 1. The third kappa shape index (κ3) is 5.29. The molecule has 1 fully saturated rings. The van der Waals surface area contributed by atoms with E-state index >= 15 is 0 Å². The highest BCUT2D eigenvalue weighted by atomic mass is 32.3. The molecule has 6 nitrogen and oxygen atoms in total. The summed E-state index contributed by atoms with van der Waals surface area (Å²) in [7, 11) is -4.66. The van der Waals surface area contributed by atoms with Crippen LogP contribution in [0.15, 0.2) is 0 Å². The topological polar surface area (TPSA) is 89.5 Å². The number of rotatable bonds is 6. The normalized spacial score (nSPS) is 19.6. The molecule has 1 saturated carbocycles. The zero-order valence-electron chi connectivity index (χ0n) is 8.44. The van der Waals surface area contributed by atoms with E-state index in [4.69, 9.17) is 0 Å². The first kappa shape index (κ1) is 14.8. The Bertz CT molecular complexity index is 393. The molecule has 1 N–H and O–H groups in total. The molecule has 102 valence electrons. The summed E-state index contributed by atoms with van der Waals surface area (Å²) in [5.74, 6) is 0.0811. The first-order chi connectivity index (χ1) is 7.62. The Hall–Kier alpha value is -0.230. The van der Waals surface area contributed by atoms with Crippen LogP contribution in [0.4, 0.5) is 13.2 Å². The summed E-state index contributed by atoms with van der Waals surface area (Å²) in [6, 6.07) is 0. The van der Waals surface area contributed by atoms with Crippen LogP contribution in [-0.4, -0.2) is 40.2 Å². The van der Waals surface area contributed by atoms with Crippen molar-refractivity contribution in [3.05, 3.63) is 0 Å². The number of alkyl halides is 3. The second-order valence-electron chi connectivity index (χ2n) is 3.59. The van der Waals surface area contributed by atoms with Gasteiger partial charge in [0, 0.05) is 17.8 Å². The molecule has 0 heterocycles. The van der Waals surface area contributed by atoms with E-state index in [1.807, 2.05) is 4.72 Å². The third-order valence-corrected chi connectivity index (χ3v) is 4.61. The van der Waals surface area contributed by atoms with Crippen molar-refractivity contribution >= 4 is 21.5 Å². The predicted molar refractivity (Wildman–Crippen MR) is 51.3 cm³/mol. The minimum absolute atomic E-state index is 0.0477. The molecule has 17 heavy (non-hydrogen) atoms. The van der Waals surface area contributed by atoms with Gasteiger partial charge in [0.1, 0.15) is 6.54 Å². The Balaban J connectivity index is 2.70. The number of halogens is 3. The molecule has 0 aromatic carbocycles. The first-order valence-corrected chi connectivity index (χ1v) is 7.02. The molecule has 0 spiro atoms. The van der Waals surface area contributed by atoms with Crippen LogP contribution in [0.25, 0.3) is 0 Å². The van der Waals surface area contributed by atoms with Crippen molar-refractivity contribution in [1.29, 1.82) is 0 Å². The van der Waals surface area contributed by atoms with E-state index in [1.165, 1.54) is 0 Å². The molecule has 0 amide bonds. The highest BCUT2D eigenvalue weighted by Crippen LogP contribution is 2.28. The minimum atomic E-state index is -4.92. The van der Waals surface area contributed by atoms with E-state index in [-0.39, 0.29) is 12.5 Å². The molecule has 0 bridgehead atoms. The van der Waals surface area contributed by atoms with Crippen LogP contribution in [0.5, 0.6) is 0 Å². The van der Waals surface area contributed by atoms with Gasteiger partial charge < -0.3 is 4.55 Å². The van der Waals surface area contributed by atoms with Crippen LogP contribution in [0, 0.1) is 5.92 Å². The summed E-state index contributed by atoms with van der Waals surface area (Å²) < 4.78 is 80.8. The lowest BCUT2D eigenvalue weighted by molar-refractivity contribution is -0.129. The fourth-order valence-electron chi connectivity index (χ4n) is 0.981. The third-order valence-electron chi connectivity index (χ3n) is 1.99. The zero-order chi connectivity index (χ0) is 13.3. The lowest BCUT2D eigenvalue weighted by atomic mass is 10.4. The fraction of sp³-hybridized carbons (Fsp3) is 1.00. The second kappa shape index (κ2) is 5.18. The Kier molecular flexibility index (Phi) is 4.52. The molecule has 1 aliphatic carbocycles. The molecule has 1 aliphatic rings. The summed E-state index contributed by atoms with van der Waals surface area (Å²) in [4.78, 5) is 0. The van der Waals surface area contributed by atoms with Gasteiger partial charge in [-0.1, -0.05) is 0 Å². The van der Waals surface area contributed by atoms with E-state index in [0.717, 1.165) is 12.8 Å². The molecular formula is C6H10F3N2O4S2-. The molecule has 0 saturated heterocycles. The molecule has 0 aliphatic heterocycles. The summed E-state index contributed by atoms with van der Waals surface area (Å²) in [6.45, 7) is -2.11. The van der Waals surface area contributed by atoms with Gasteiger partial charge in [-0.15, -0.1) is 3.71 Å². The molecule has 0 aromatic rings. The molecule has 11 heteroatoms. The summed E-state index contributed by atoms with van der Waals surface area (Å²) in [5, 5.41) is 0. The smallest absolute Gasteiger partial charge is 0.403 e. The van der Waals surface area contributed by atoms with Gasteiger partial charge in [0.2, 0.25) is 0 Å². The number of hydrogen-bond donors (Lipinski definition) is 1. The maximum Gasteiger partial charge on any atom is 0.403 e. The van der Waals surface area contributed by atoms with Gasteiger partial charge in [-0.3, -0.25) is 4.21 Å². The van der Waals surface area contributed by atoms with Crippen molar-refractivity contribution in [3.63, 3.8) is 0 Å². The fourth-order valence-corrected chi connectivity index (χ4v) is 2.94. The van der Waals surface area contributed by atoms with Crippen molar-refractivity contribution in [1.82, 2.24) is 8.43 Å². The Morgan fingerprint density at radius 3 is 2.29 bits per heavy atom. The van der Waals surface area contributed by atoms with Gasteiger partial charge in [-0.05, 0) is 18.8 Å². The number of hydrogen-bond acceptors (Lipinski definition) is 4. The largest absolute Gasteiger partial charge is 0.759 e. The quantitative estimate of drug-likeness (QED) is 0.692. The van der Waals surface area contributed by atoms with Crippen molar-refractivity contribution in [3.8, 4) is 0 Å². The molecule has 1 unspecified atom stereocenters. The van der Waals surface area contributed by atoms with Crippen LogP contribution in [0.1, 0.15) is 12.8 Å². The average molecular weight is 295 g/mol. The van der Waals surface area contributed by atoms with E-state index in [2.05, 4.69) is 0 Å². The lowest BCUT2D eigenvalue weighted by Gasteiger charge is -2.24. The van der Waals surface area contributed by atoms with E-state index in [0.29, 0.717) is 0 Å². The monoisotopic (exact) mass is 295 g/mol. The highest BCUT2D eigenvalue weighted by molar-refractivity contribution is 7.98. The van der Waals surface area contributed by atoms with Crippen LogP contribution in [-0.2, 0) is 21.5 Å². The zero-order valence-corrected chi connectivity index (χ0v) is 10.1. The standard InChI is InChI=1S/C6H11F3N2O4S2/c7-6(8,9)4-11(16(12)13)17(14,15)10-3-5-1-2-5/h5,10H,1-4H2,(H,12,13)/p-1. The molecule has 0 radical (unpaired) electrons. The van der Waals surface area contributed by atoms with Crippen LogP contribution >= 0.6 is 0 Å². The summed E-state index contributed by atoms with van der Waals surface area (Å²) in [5.41, 5.74) is 0. The van der Waals surface area contributed by atoms with E-state index < -0.39 is 37.9 Å². The first-order valence-electron chi connectivity index (χ1n) is 4.55. The molecule has 1 rings (SSSR count). The van der Waals surface area contributed by atoms with Crippen molar-refractivity contribution in [2.24, 2.45) is 5.92 Å². The van der Waals surface area contributed by atoms with Crippen LogP contribution in [0.3, 0.4) is 0 Å². The maximum absolute atomic E-state index is 12.0. The number of nitrogens with zero attached hydrogens (tertiary/aromatic N) is 1. The summed E-state index contributed by atoms with van der Waals surface area (Å²) in [6.07, 6.45) is -3.36. The van der Waals surface area contributed by atoms with Crippen molar-refractivity contribution in [2.45, 2.75) is 19.0 Å². The predicted octanol–water partition coefficient (Wildman–Crippen LogP) is -0.111. The van der Waals surface area contributed by atoms with Crippen LogP contribution < -0.4 is 4.72 Å². The van der Waals surface area contributed by atoms with Crippen molar-refractivity contribution < 1.29 is 30.4 Å². The van der Waals surface area contributed by atoms with E-state index in [1.54, 1.807) is 0 Å². The summed E-state index contributed by atoms with van der Waals surface area (Å²) >= 11 is -3.50. The lowest BCUT2D eigenvalue weighted by Crippen LogP contribution is -2.46. The van der Waals surface area contributed by atoms with Gasteiger partial charge >= 0.3 is 6.18 Å². The van der Waals surface area contributed by atoms with Gasteiger partial charge in [0.25, 0.3) is 10.2 Å². The Morgan fingerprint density at radius 1 is 1.41 bits per heavy atom.